The number of fused-ring (bicyclic) bond motifs is 1. The molecule has 3 N–H and O–H groups in total. The van der Waals surface area contributed by atoms with Crippen molar-refractivity contribution in [2.45, 2.75) is 0 Å². The lowest BCUT2D eigenvalue weighted by Crippen LogP contribution is -1.98. The van der Waals surface area contributed by atoms with E-state index in [-0.39, 0.29) is 16.9 Å². The van der Waals surface area contributed by atoms with Crippen molar-refractivity contribution in [3.63, 3.8) is 0 Å². The highest BCUT2D eigenvalue weighted by molar-refractivity contribution is 5.90. The van der Waals surface area contributed by atoms with Gasteiger partial charge in [0.15, 0.2) is 17.9 Å². The molecular weight excluding hydrogens is 383 g/mol. The Bertz CT molecular complexity index is 1340. The molecule has 0 spiro atoms. The van der Waals surface area contributed by atoms with E-state index in [0.29, 0.717) is 23.2 Å². The van der Waals surface area contributed by atoms with E-state index in [4.69, 9.17) is 0 Å². The van der Waals surface area contributed by atoms with Gasteiger partial charge in [-0.3, -0.25) is 9.89 Å². The summed E-state index contributed by atoms with van der Waals surface area (Å²) in [4.78, 5) is 22.4. The monoisotopic (exact) mass is 398 g/mol. The summed E-state index contributed by atoms with van der Waals surface area (Å²) in [6.07, 6.45) is 5.80. The first-order valence-corrected chi connectivity index (χ1v) is 9.17. The first-order valence-electron chi connectivity index (χ1n) is 9.17. The van der Waals surface area contributed by atoms with Crippen molar-refractivity contribution < 1.29 is 9.18 Å². The van der Waals surface area contributed by atoms with Crippen LogP contribution >= 0.6 is 0 Å². The van der Waals surface area contributed by atoms with E-state index in [1.807, 2.05) is 30.5 Å². The Morgan fingerprint density at radius 2 is 1.90 bits per heavy atom. The van der Waals surface area contributed by atoms with Gasteiger partial charge in [0, 0.05) is 29.0 Å². The van der Waals surface area contributed by atoms with Crippen molar-refractivity contribution in [1.82, 2.24) is 25.1 Å². The number of anilines is 2. The molecular formula is C22H15FN6O. The summed E-state index contributed by atoms with van der Waals surface area (Å²) in [6.45, 7) is 0. The Kier molecular flexibility index (Phi) is 4.29. The molecule has 0 unspecified atom stereocenters. The molecule has 3 heterocycles. The Balaban J connectivity index is 1.44. The predicted octanol–water partition coefficient (Wildman–Crippen LogP) is 4.71. The summed E-state index contributed by atoms with van der Waals surface area (Å²) >= 11 is 0. The lowest BCUT2D eigenvalue weighted by atomic mass is 10.1. The lowest BCUT2D eigenvalue weighted by Gasteiger charge is -2.08. The fourth-order valence-corrected chi connectivity index (χ4v) is 3.28. The SMILES string of the molecule is O=Cc1cc2ccc(-c3nccc(Nc4ccc(-c5cn[nH]c5)cc4)n3)c(F)c2[nH]1. The maximum absolute atomic E-state index is 15.0. The van der Waals surface area contributed by atoms with Gasteiger partial charge in [-0.1, -0.05) is 18.2 Å². The predicted molar refractivity (Wildman–Crippen MR) is 112 cm³/mol. The number of carbonyl (C=O) groups excluding carboxylic acids is 1. The molecule has 146 valence electrons. The molecule has 0 fully saturated rings. The number of carbonyl (C=O) groups is 1. The third kappa shape index (κ3) is 3.20. The fraction of sp³-hybridized carbons (Fsp3) is 0. The summed E-state index contributed by atoms with van der Waals surface area (Å²) in [6, 6.07) is 14.4. The highest BCUT2D eigenvalue weighted by atomic mass is 19.1. The Morgan fingerprint density at radius 1 is 1.03 bits per heavy atom. The van der Waals surface area contributed by atoms with E-state index in [1.54, 1.807) is 36.7 Å². The first kappa shape index (κ1) is 17.7. The second-order valence-electron chi connectivity index (χ2n) is 6.69. The molecule has 0 aliphatic heterocycles. The standard InChI is InChI=1S/C22H15FN6O/c23-20-18(6-3-14-9-17(12-30)28-21(14)20)22-24-8-7-19(29-22)27-16-4-1-13(2-5-16)15-10-25-26-11-15/h1-12,28H,(H,25,26)(H,24,27,29). The molecule has 0 aliphatic rings. The van der Waals surface area contributed by atoms with Crippen LogP contribution in [0.25, 0.3) is 33.4 Å². The summed E-state index contributed by atoms with van der Waals surface area (Å²) in [7, 11) is 0. The molecule has 5 rings (SSSR count). The van der Waals surface area contributed by atoms with Crippen LogP contribution in [-0.4, -0.2) is 31.4 Å². The molecule has 0 amide bonds. The van der Waals surface area contributed by atoms with Crippen LogP contribution < -0.4 is 5.32 Å². The zero-order valence-electron chi connectivity index (χ0n) is 15.6. The molecule has 0 bridgehead atoms. The second kappa shape index (κ2) is 7.25. The van der Waals surface area contributed by atoms with Crippen LogP contribution in [0.3, 0.4) is 0 Å². The molecule has 0 aliphatic carbocycles. The van der Waals surface area contributed by atoms with Gasteiger partial charge >= 0.3 is 0 Å². The molecule has 0 saturated carbocycles. The van der Waals surface area contributed by atoms with Gasteiger partial charge in [0.05, 0.1) is 23.0 Å². The molecule has 2 aromatic carbocycles. The van der Waals surface area contributed by atoms with Gasteiger partial charge in [0.25, 0.3) is 0 Å². The normalized spacial score (nSPS) is 11.0. The number of rotatable bonds is 5. The van der Waals surface area contributed by atoms with Crippen LogP contribution in [0, 0.1) is 5.82 Å². The number of halogens is 1. The maximum atomic E-state index is 15.0. The average Bonchev–Trinajstić information content (AvgIpc) is 3.45. The van der Waals surface area contributed by atoms with Crippen molar-refractivity contribution >= 4 is 28.7 Å². The first-order chi connectivity index (χ1) is 14.7. The smallest absolute Gasteiger partial charge is 0.166 e. The van der Waals surface area contributed by atoms with E-state index >= 15 is 0 Å². The molecule has 3 aromatic heterocycles. The minimum absolute atomic E-state index is 0.247. The Morgan fingerprint density at radius 3 is 2.67 bits per heavy atom. The molecule has 7 nitrogen and oxygen atoms in total. The van der Waals surface area contributed by atoms with E-state index in [9.17, 15) is 9.18 Å². The minimum atomic E-state index is -0.498. The Hall–Kier alpha value is -4.33. The number of aromatic amines is 2. The highest BCUT2D eigenvalue weighted by Gasteiger charge is 2.14. The fourth-order valence-electron chi connectivity index (χ4n) is 3.28. The van der Waals surface area contributed by atoms with Crippen molar-refractivity contribution in [2.24, 2.45) is 0 Å². The third-order valence-electron chi connectivity index (χ3n) is 4.77. The number of aldehydes is 1. The van der Waals surface area contributed by atoms with Crippen LogP contribution in [0.1, 0.15) is 10.5 Å². The minimum Gasteiger partial charge on any atom is -0.350 e. The summed E-state index contributed by atoms with van der Waals surface area (Å²) in [5.74, 6) is 0.287. The van der Waals surface area contributed by atoms with Crippen molar-refractivity contribution in [3.8, 4) is 22.5 Å². The third-order valence-corrected chi connectivity index (χ3v) is 4.77. The number of hydrogen-bond donors (Lipinski definition) is 3. The zero-order chi connectivity index (χ0) is 20.5. The van der Waals surface area contributed by atoms with Gasteiger partial charge in [0.2, 0.25) is 0 Å². The number of aromatic nitrogens is 5. The van der Waals surface area contributed by atoms with Crippen LogP contribution in [0.15, 0.2) is 67.1 Å². The highest BCUT2D eigenvalue weighted by Crippen LogP contribution is 2.28. The van der Waals surface area contributed by atoms with Gasteiger partial charge < -0.3 is 10.3 Å². The summed E-state index contributed by atoms with van der Waals surface area (Å²) < 4.78 is 15.0. The van der Waals surface area contributed by atoms with Crippen molar-refractivity contribution in [3.05, 3.63) is 78.6 Å². The van der Waals surface area contributed by atoms with Gasteiger partial charge in [-0.15, -0.1) is 0 Å². The second-order valence-corrected chi connectivity index (χ2v) is 6.69. The lowest BCUT2D eigenvalue weighted by molar-refractivity contribution is 0.112. The zero-order valence-corrected chi connectivity index (χ0v) is 15.6. The van der Waals surface area contributed by atoms with E-state index in [0.717, 1.165) is 16.8 Å². The molecule has 30 heavy (non-hydrogen) atoms. The van der Waals surface area contributed by atoms with Crippen molar-refractivity contribution in [1.29, 1.82) is 0 Å². The van der Waals surface area contributed by atoms with Crippen molar-refractivity contribution in [2.75, 3.05) is 5.32 Å². The molecule has 0 atom stereocenters. The summed E-state index contributed by atoms with van der Waals surface area (Å²) in [5.41, 5.74) is 3.69. The molecule has 5 aromatic rings. The number of hydrogen-bond acceptors (Lipinski definition) is 5. The number of nitrogens with one attached hydrogen (secondary N) is 3. The van der Waals surface area contributed by atoms with Crippen LogP contribution in [0.2, 0.25) is 0 Å². The molecule has 8 heteroatoms. The van der Waals surface area contributed by atoms with Gasteiger partial charge in [-0.2, -0.15) is 5.10 Å². The van der Waals surface area contributed by atoms with E-state index in [2.05, 4.69) is 30.5 Å². The number of H-pyrrole nitrogens is 2. The quantitative estimate of drug-likeness (QED) is 0.372. The van der Waals surface area contributed by atoms with Gasteiger partial charge in [-0.25, -0.2) is 14.4 Å². The van der Waals surface area contributed by atoms with Gasteiger partial charge in [0.1, 0.15) is 5.82 Å². The Labute approximate surface area is 170 Å². The van der Waals surface area contributed by atoms with Gasteiger partial charge in [-0.05, 0) is 35.9 Å². The largest absolute Gasteiger partial charge is 0.350 e. The average molecular weight is 398 g/mol. The topological polar surface area (TPSA) is 99.3 Å². The molecule has 0 saturated heterocycles. The van der Waals surface area contributed by atoms with Crippen LogP contribution in [0.4, 0.5) is 15.9 Å². The van der Waals surface area contributed by atoms with E-state index < -0.39 is 5.82 Å². The maximum Gasteiger partial charge on any atom is 0.166 e. The van der Waals surface area contributed by atoms with Crippen LogP contribution in [0.5, 0.6) is 0 Å². The van der Waals surface area contributed by atoms with Crippen LogP contribution in [-0.2, 0) is 0 Å². The summed E-state index contributed by atoms with van der Waals surface area (Å²) in [5, 5.41) is 10.6. The number of benzene rings is 2. The van der Waals surface area contributed by atoms with E-state index in [1.165, 1.54) is 0 Å². The molecule has 0 radical (unpaired) electrons. The number of nitrogens with zero attached hydrogens (tertiary/aromatic N) is 3.